The molecule has 1 heterocycles. The Kier molecular flexibility index (Phi) is 4.73. The lowest BCUT2D eigenvalue weighted by molar-refractivity contribution is 0.564. The van der Waals surface area contributed by atoms with Gasteiger partial charge in [-0.25, -0.2) is 9.97 Å². The molecule has 0 spiro atoms. The minimum atomic E-state index is -0.0654. The van der Waals surface area contributed by atoms with E-state index in [1.165, 1.54) is 5.56 Å². The lowest BCUT2D eigenvalue weighted by Gasteiger charge is -2.21. The molecule has 0 unspecified atom stereocenters. The van der Waals surface area contributed by atoms with Crippen LogP contribution in [0.1, 0.15) is 32.0 Å². The second-order valence-electron chi connectivity index (χ2n) is 6.02. The van der Waals surface area contributed by atoms with Gasteiger partial charge in [-0.15, -0.1) is 0 Å². The first-order valence-corrected chi connectivity index (χ1v) is 8.35. The molecule has 0 bridgehead atoms. The van der Waals surface area contributed by atoms with Gasteiger partial charge in [-0.2, -0.15) is 0 Å². The zero-order chi connectivity index (χ0) is 15.8. The third kappa shape index (κ3) is 3.46. The first kappa shape index (κ1) is 16.4. The minimum absolute atomic E-state index is 0.0654. The van der Waals surface area contributed by atoms with Crippen LogP contribution >= 0.6 is 31.9 Å². The van der Waals surface area contributed by atoms with Gasteiger partial charge in [-0.05, 0) is 34.5 Å². The number of hydrogen-bond acceptors (Lipinski definition) is 3. The average Bonchev–Trinajstić information content (AvgIpc) is 2.41. The first-order chi connectivity index (χ1) is 9.74. The van der Waals surface area contributed by atoms with Crippen LogP contribution in [0.25, 0.3) is 11.4 Å². The van der Waals surface area contributed by atoms with Crippen LogP contribution in [0.2, 0.25) is 0 Å². The van der Waals surface area contributed by atoms with Crippen LogP contribution in [0.5, 0.6) is 0 Å². The summed E-state index contributed by atoms with van der Waals surface area (Å²) in [6.45, 7) is 8.51. The van der Waals surface area contributed by atoms with E-state index in [0.717, 1.165) is 31.8 Å². The molecule has 2 aromatic rings. The van der Waals surface area contributed by atoms with Gasteiger partial charge in [0.25, 0.3) is 0 Å². The number of anilines is 1. The summed E-state index contributed by atoms with van der Waals surface area (Å²) in [5.74, 6) is 1.54. The normalized spacial score (nSPS) is 11.6. The number of nitrogens with one attached hydrogen (secondary N) is 1. The predicted octanol–water partition coefficient (Wildman–Crippen LogP) is 5.32. The van der Waals surface area contributed by atoms with Gasteiger partial charge in [0.05, 0.1) is 10.2 Å². The molecule has 0 amide bonds. The number of halogens is 2. The molecule has 0 radical (unpaired) electrons. The summed E-state index contributed by atoms with van der Waals surface area (Å²) in [6.07, 6.45) is 0. The number of hydrogen-bond donors (Lipinski definition) is 1. The van der Waals surface area contributed by atoms with Gasteiger partial charge < -0.3 is 5.32 Å². The maximum Gasteiger partial charge on any atom is 0.161 e. The van der Waals surface area contributed by atoms with E-state index in [1.54, 1.807) is 0 Å². The first-order valence-electron chi connectivity index (χ1n) is 6.76. The maximum atomic E-state index is 4.77. The van der Waals surface area contributed by atoms with Crippen molar-refractivity contribution in [3.8, 4) is 11.4 Å². The van der Waals surface area contributed by atoms with Crippen molar-refractivity contribution in [2.45, 2.75) is 33.1 Å². The van der Waals surface area contributed by atoms with Gasteiger partial charge in [0.1, 0.15) is 5.82 Å². The highest BCUT2D eigenvalue weighted by molar-refractivity contribution is 9.11. The molecule has 5 heteroatoms. The largest absolute Gasteiger partial charge is 0.372 e. The van der Waals surface area contributed by atoms with Crippen LogP contribution in [-0.2, 0) is 5.41 Å². The SMILES string of the molecule is CNc1nc(-c2ccc(C)c(Br)c2)nc(C(C)(C)C)c1Br. The number of benzene rings is 1. The average molecular weight is 413 g/mol. The highest BCUT2D eigenvalue weighted by Crippen LogP contribution is 2.34. The van der Waals surface area contributed by atoms with Crippen molar-refractivity contribution in [2.75, 3.05) is 12.4 Å². The molecule has 0 fully saturated rings. The molecular formula is C16H19Br2N3. The number of rotatable bonds is 2. The molecule has 0 atom stereocenters. The monoisotopic (exact) mass is 411 g/mol. The minimum Gasteiger partial charge on any atom is -0.372 e. The topological polar surface area (TPSA) is 37.8 Å². The van der Waals surface area contributed by atoms with Gasteiger partial charge >= 0.3 is 0 Å². The summed E-state index contributed by atoms with van der Waals surface area (Å²) in [6, 6.07) is 6.18. The van der Waals surface area contributed by atoms with Gasteiger partial charge in [0.2, 0.25) is 0 Å². The third-order valence-corrected chi connectivity index (χ3v) is 4.83. The lowest BCUT2D eigenvalue weighted by Crippen LogP contribution is -2.17. The highest BCUT2D eigenvalue weighted by Gasteiger charge is 2.23. The Labute approximate surface area is 142 Å². The van der Waals surface area contributed by atoms with Crippen molar-refractivity contribution >= 4 is 37.7 Å². The van der Waals surface area contributed by atoms with Gasteiger partial charge in [0, 0.05) is 22.5 Å². The Balaban J connectivity index is 2.66. The molecule has 3 nitrogen and oxygen atoms in total. The second-order valence-corrected chi connectivity index (χ2v) is 7.67. The molecule has 0 saturated heterocycles. The zero-order valence-electron chi connectivity index (χ0n) is 12.9. The van der Waals surface area contributed by atoms with Gasteiger partial charge in [0.15, 0.2) is 5.82 Å². The van der Waals surface area contributed by atoms with E-state index >= 15 is 0 Å². The molecule has 0 saturated carbocycles. The van der Waals surface area contributed by atoms with Crippen LogP contribution in [0.15, 0.2) is 27.1 Å². The van der Waals surface area contributed by atoms with Crippen molar-refractivity contribution in [1.29, 1.82) is 0 Å². The fraction of sp³-hybridized carbons (Fsp3) is 0.375. The number of nitrogens with zero attached hydrogens (tertiary/aromatic N) is 2. The van der Waals surface area contributed by atoms with Gasteiger partial charge in [-0.1, -0.05) is 48.8 Å². The van der Waals surface area contributed by atoms with E-state index in [1.807, 2.05) is 7.05 Å². The lowest BCUT2D eigenvalue weighted by atomic mass is 9.91. The third-order valence-electron chi connectivity index (χ3n) is 3.23. The summed E-state index contributed by atoms with van der Waals surface area (Å²) in [4.78, 5) is 9.39. The van der Waals surface area contributed by atoms with Crippen molar-refractivity contribution in [2.24, 2.45) is 0 Å². The van der Waals surface area contributed by atoms with Crippen molar-refractivity contribution < 1.29 is 0 Å². The smallest absolute Gasteiger partial charge is 0.161 e. The Morgan fingerprint density at radius 3 is 2.29 bits per heavy atom. The maximum absolute atomic E-state index is 4.77. The van der Waals surface area contributed by atoms with Crippen LogP contribution in [0.3, 0.4) is 0 Å². The molecule has 112 valence electrons. The fourth-order valence-electron chi connectivity index (χ4n) is 1.97. The van der Waals surface area contributed by atoms with E-state index < -0.39 is 0 Å². The molecule has 2 rings (SSSR count). The van der Waals surface area contributed by atoms with E-state index in [2.05, 4.69) is 88.1 Å². The molecule has 0 aliphatic carbocycles. The van der Waals surface area contributed by atoms with Gasteiger partial charge in [-0.3, -0.25) is 0 Å². The van der Waals surface area contributed by atoms with Crippen molar-refractivity contribution in [3.05, 3.63) is 38.4 Å². The van der Waals surface area contributed by atoms with E-state index in [0.29, 0.717) is 0 Å². The van der Waals surface area contributed by atoms with Crippen LogP contribution in [0, 0.1) is 6.92 Å². The molecule has 0 aliphatic rings. The Hall–Kier alpha value is -0.940. The summed E-state index contributed by atoms with van der Waals surface area (Å²) >= 11 is 7.18. The standard InChI is InChI=1S/C16H19Br2N3/c1-9-6-7-10(8-11(9)17)14-20-13(16(2,3)4)12(18)15(19-5)21-14/h6-8H,1-5H3,(H,19,20,21). The molecule has 1 aromatic carbocycles. The number of aryl methyl sites for hydroxylation is 1. The molecule has 0 aliphatic heterocycles. The van der Waals surface area contributed by atoms with Crippen molar-refractivity contribution in [1.82, 2.24) is 9.97 Å². The molecule has 1 N–H and O–H groups in total. The van der Waals surface area contributed by atoms with Crippen molar-refractivity contribution in [3.63, 3.8) is 0 Å². The highest BCUT2D eigenvalue weighted by atomic mass is 79.9. The summed E-state index contributed by atoms with van der Waals surface area (Å²) < 4.78 is 1.99. The quantitative estimate of drug-likeness (QED) is 0.725. The Bertz CT molecular complexity index is 676. The number of aromatic nitrogens is 2. The Morgan fingerprint density at radius 2 is 1.76 bits per heavy atom. The zero-order valence-corrected chi connectivity index (χ0v) is 16.1. The molecule has 21 heavy (non-hydrogen) atoms. The van der Waals surface area contributed by atoms with Crippen LogP contribution in [-0.4, -0.2) is 17.0 Å². The van der Waals surface area contributed by atoms with E-state index in [-0.39, 0.29) is 5.41 Å². The Morgan fingerprint density at radius 1 is 1.10 bits per heavy atom. The fourth-order valence-corrected chi connectivity index (χ4v) is 3.32. The summed E-state index contributed by atoms with van der Waals surface area (Å²) in [5, 5.41) is 3.13. The second kappa shape index (κ2) is 6.05. The summed E-state index contributed by atoms with van der Waals surface area (Å²) in [5.41, 5.74) is 3.13. The van der Waals surface area contributed by atoms with E-state index in [9.17, 15) is 0 Å². The van der Waals surface area contributed by atoms with E-state index in [4.69, 9.17) is 4.98 Å². The van der Waals surface area contributed by atoms with Crippen LogP contribution < -0.4 is 5.32 Å². The molecular weight excluding hydrogens is 394 g/mol. The molecule has 1 aromatic heterocycles. The predicted molar refractivity (Wildman–Crippen MR) is 95.9 cm³/mol. The van der Waals surface area contributed by atoms with Crippen LogP contribution in [0.4, 0.5) is 5.82 Å². The summed E-state index contributed by atoms with van der Waals surface area (Å²) in [7, 11) is 1.87.